The van der Waals surface area contributed by atoms with Crippen LogP contribution < -0.4 is 5.73 Å². The van der Waals surface area contributed by atoms with Crippen LogP contribution >= 0.6 is 23.2 Å². The Kier molecular flexibility index (Phi) is 2.31. The monoisotopic (exact) mass is 189 g/mol. The molecule has 1 rings (SSSR count). The van der Waals surface area contributed by atoms with Crippen molar-refractivity contribution >= 4 is 35.2 Å². The first-order valence-corrected chi connectivity index (χ1v) is 3.51. The van der Waals surface area contributed by atoms with Crippen molar-refractivity contribution in [3.05, 3.63) is 22.4 Å². The molecule has 11 heavy (non-hydrogen) atoms. The SMILES string of the molecule is C=Cc1c(Cl)nc(N)nc1Cl. The first-order chi connectivity index (χ1) is 5.15. The highest BCUT2D eigenvalue weighted by Gasteiger charge is 2.05. The maximum Gasteiger partial charge on any atom is 0.222 e. The Hall–Kier alpha value is -0.800. The molecule has 0 bridgehead atoms. The maximum atomic E-state index is 5.65. The summed E-state index contributed by atoms with van der Waals surface area (Å²) in [5, 5.41) is 0.440. The maximum absolute atomic E-state index is 5.65. The summed E-state index contributed by atoms with van der Waals surface area (Å²) in [6, 6.07) is 0. The van der Waals surface area contributed by atoms with Gasteiger partial charge in [-0.05, 0) is 0 Å². The topological polar surface area (TPSA) is 51.8 Å². The molecular weight excluding hydrogens is 185 g/mol. The summed E-state index contributed by atoms with van der Waals surface area (Å²) < 4.78 is 0. The normalized spacial score (nSPS) is 9.64. The van der Waals surface area contributed by atoms with Crippen molar-refractivity contribution in [3.63, 3.8) is 0 Å². The molecule has 0 amide bonds. The van der Waals surface area contributed by atoms with E-state index >= 15 is 0 Å². The van der Waals surface area contributed by atoms with E-state index in [0.717, 1.165) is 0 Å². The Morgan fingerprint density at radius 3 is 2.09 bits per heavy atom. The zero-order valence-corrected chi connectivity index (χ0v) is 7.02. The van der Waals surface area contributed by atoms with Crippen molar-refractivity contribution in [2.75, 3.05) is 5.73 Å². The van der Waals surface area contributed by atoms with Gasteiger partial charge in [-0.1, -0.05) is 35.9 Å². The van der Waals surface area contributed by atoms with Crippen LogP contribution in [-0.2, 0) is 0 Å². The van der Waals surface area contributed by atoms with Crippen LogP contribution in [0.2, 0.25) is 10.3 Å². The molecule has 58 valence electrons. The predicted octanol–water partition coefficient (Wildman–Crippen LogP) is 2.01. The molecule has 1 heterocycles. The third-order valence-electron chi connectivity index (χ3n) is 1.07. The van der Waals surface area contributed by atoms with Crippen molar-refractivity contribution in [2.24, 2.45) is 0 Å². The summed E-state index contributed by atoms with van der Waals surface area (Å²) in [5.74, 6) is 0.0607. The lowest BCUT2D eigenvalue weighted by Crippen LogP contribution is -1.97. The highest BCUT2D eigenvalue weighted by molar-refractivity contribution is 6.35. The molecule has 0 aliphatic heterocycles. The quantitative estimate of drug-likeness (QED) is 0.689. The van der Waals surface area contributed by atoms with Gasteiger partial charge in [-0.3, -0.25) is 0 Å². The Bertz CT molecular complexity index is 275. The summed E-state index contributed by atoms with van der Waals surface area (Å²) in [6.45, 7) is 3.49. The average molecular weight is 190 g/mol. The van der Waals surface area contributed by atoms with Crippen molar-refractivity contribution in [1.29, 1.82) is 0 Å². The van der Waals surface area contributed by atoms with Gasteiger partial charge in [0.2, 0.25) is 5.95 Å². The minimum absolute atomic E-state index is 0.0607. The number of nitrogen functional groups attached to an aromatic ring is 1. The minimum atomic E-state index is 0.0607. The highest BCUT2D eigenvalue weighted by Crippen LogP contribution is 2.22. The Balaban J connectivity index is 3.36. The molecule has 1 aromatic heterocycles. The number of anilines is 1. The van der Waals surface area contributed by atoms with E-state index in [4.69, 9.17) is 28.9 Å². The van der Waals surface area contributed by atoms with Gasteiger partial charge in [-0.15, -0.1) is 0 Å². The van der Waals surface area contributed by atoms with Gasteiger partial charge in [-0.25, -0.2) is 9.97 Å². The molecule has 0 spiro atoms. The van der Waals surface area contributed by atoms with E-state index in [1.54, 1.807) is 0 Å². The molecule has 0 atom stereocenters. The smallest absolute Gasteiger partial charge is 0.222 e. The fraction of sp³-hybridized carbons (Fsp3) is 0. The van der Waals surface area contributed by atoms with E-state index in [9.17, 15) is 0 Å². The zero-order chi connectivity index (χ0) is 8.43. The van der Waals surface area contributed by atoms with E-state index in [0.29, 0.717) is 5.56 Å². The van der Waals surface area contributed by atoms with Crippen LogP contribution in [0.25, 0.3) is 6.08 Å². The van der Waals surface area contributed by atoms with Gasteiger partial charge in [0.25, 0.3) is 0 Å². The Morgan fingerprint density at radius 2 is 1.73 bits per heavy atom. The molecule has 5 heteroatoms. The fourth-order valence-corrected chi connectivity index (χ4v) is 1.16. The van der Waals surface area contributed by atoms with Crippen LogP contribution in [0.15, 0.2) is 6.58 Å². The standard InChI is InChI=1S/C6H5Cl2N3/c1-2-3-4(7)10-6(9)11-5(3)8/h2H,1H2,(H2,9,10,11). The molecule has 3 nitrogen and oxygen atoms in total. The molecule has 0 fully saturated rings. The van der Waals surface area contributed by atoms with Crippen molar-refractivity contribution in [2.45, 2.75) is 0 Å². The molecular formula is C6H5Cl2N3. The van der Waals surface area contributed by atoms with E-state index in [-0.39, 0.29) is 16.3 Å². The van der Waals surface area contributed by atoms with Gasteiger partial charge in [-0.2, -0.15) is 0 Å². The average Bonchev–Trinajstić information content (AvgIpc) is 1.85. The van der Waals surface area contributed by atoms with E-state index < -0.39 is 0 Å². The summed E-state index contributed by atoms with van der Waals surface area (Å²) in [6.07, 6.45) is 1.48. The summed E-state index contributed by atoms with van der Waals surface area (Å²) >= 11 is 11.3. The van der Waals surface area contributed by atoms with Crippen molar-refractivity contribution < 1.29 is 0 Å². The molecule has 0 aliphatic rings. The van der Waals surface area contributed by atoms with Gasteiger partial charge in [0.1, 0.15) is 10.3 Å². The number of rotatable bonds is 1. The van der Waals surface area contributed by atoms with Gasteiger partial charge >= 0.3 is 0 Å². The number of nitrogens with zero attached hydrogens (tertiary/aromatic N) is 2. The Morgan fingerprint density at radius 1 is 1.27 bits per heavy atom. The number of hydrogen-bond acceptors (Lipinski definition) is 3. The zero-order valence-electron chi connectivity index (χ0n) is 5.51. The second kappa shape index (κ2) is 3.07. The van der Waals surface area contributed by atoms with Crippen LogP contribution in [0.4, 0.5) is 5.95 Å². The van der Waals surface area contributed by atoms with Crippen LogP contribution in [0, 0.1) is 0 Å². The number of aromatic nitrogens is 2. The van der Waals surface area contributed by atoms with Crippen LogP contribution in [-0.4, -0.2) is 9.97 Å². The largest absolute Gasteiger partial charge is 0.368 e. The second-order valence-corrected chi connectivity index (χ2v) is 2.50. The lowest BCUT2D eigenvalue weighted by molar-refractivity contribution is 1.18. The van der Waals surface area contributed by atoms with Crippen molar-refractivity contribution in [1.82, 2.24) is 9.97 Å². The molecule has 0 saturated carbocycles. The van der Waals surface area contributed by atoms with Gasteiger partial charge in [0.05, 0.1) is 0 Å². The van der Waals surface area contributed by atoms with Crippen LogP contribution in [0.5, 0.6) is 0 Å². The predicted molar refractivity (Wildman–Crippen MR) is 46.6 cm³/mol. The van der Waals surface area contributed by atoms with Crippen LogP contribution in [0.3, 0.4) is 0 Å². The molecule has 0 unspecified atom stereocenters. The molecule has 0 radical (unpaired) electrons. The molecule has 0 saturated heterocycles. The first kappa shape index (κ1) is 8.30. The van der Waals surface area contributed by atoms with Crippen LogP contribution in [0.1, 0.15) is 5.56 Å². The summed E-state index contributed by atoms with van der Waals surface area (Å²) in [7, 11) is 0. The molecule has 0 aliphatic carbocycles. The summed E-state index contributed by atoms with van der Waals surface area (Å²) in [5.41, 5.74) is 5.76. The lowest BCUT2D eigenvalue weighted by Gasteiger charge is -1.99. The van der Waals surface area contributed by atoms with E-state index in [1.165, 1.54) is 6.08 Å². The number of hydrogen-bond donors (Lipinski definition) is 1. The number of nitrogens with two attached hydrogens (primary N) is 1. The van der Waals surface area contributed by atoms with Gasteiger partial charge in [0.15, 0.2) is 0 Å². The third kappa shape index (κ3) is 1.61. The highest BCUT2D eigenvalue weighted by atomic mass is 35.5. The summed E-state index contributed by atoms with van der Waals surface area (Å²) in [4.78, 5) is 7.36. The van der Waals surface area contributed by atoms with Gasteiger partial charge < -0.3 is 5.73 Å². The van der Waals surface area contributed by atoms with E-state index in [1.807, 2.05) is 0 Å². The Labute approximate surface area is 73.9 Å². The number of halogens is 2. The third-order valence-corrected chi connectivity index (χ3v) is 1.65. The van der Waals surface area contributed by atoms with Gasteiger partial charge in [0, 0.05) is 5.56 Å². The molecule has 2 N–H and O–H groups in total. The molecule has 1 aromatic rings. The van der Waals surface area contributed by atoms with Crippen molar-refractivity contribution in [3.8, 4) is 0 Å². The fourth-order valence-electron chi connectivity index (χ4n) is 0.600. The second-order valence-electron chi connectivity index (χ2n) is 1.78. The lowest BCUT2D eigenvalue weighted by atomic mass is 10.3. The minimum Gasteiger partial charge on any atom is -0.368 e. The van der Waals surface area contributed by atoms with E-state index in [2.05, 4.69) is 16.5 Å². The molecule has 0 aromatic carbocycles. The first-order valence-electron chi connectivity index (χ1n) is 2.76.